The van der Waals surface area contributed by atoms with Crippen LogP contribution in [0, 0.1) is 0 Å². The lowest BCUT2D eigenvalue weighted by atomic mass is 10.0. The Bertz CT molecular complexity index is 1470. The van der Waals surface area contributed by atoms with E-state index in [0.717, 1.165) is 13.0 Å². The molecule has 4 aromatic rings. The van der Waals surface area contributed by atoms with Crippen LogP contribution < -0.4 is 11.1 Å². The first kappa shape index (κ1) is 26.1. The third-order valence-electron chi connectivity index (χ3n) is 5.44. The molecule has 0 aliphatic heterocycles. The fourth-order valence-electron chi connectivity index (χ4n) is 3.71. The minimum Gasteiger partial charge on any atom is -0.365 e. The summed E-state index contributed by atoms with van der Waals surface area (Å²) in [6.45, 7) is 1.15. The molecule has 14 heteroatoms. The molecular formula is C23H17F6N5O2S. The Kier molecular flexibility index (Phi) is 7.21. The number of alkyl halides is 6. The minimum absolute atomic E-state index is 0.0271. The SMILES string of the molecule is CC(C(=O)Nc1c(C(N)=O)sc2nc(C(F)F)cc(-c3ccccc3)c12)n1nc(C(F)F)cc1C(F)F. The number of nitrogens with one attached hydrogen (secondary N) is 1. The van der Waals surface area contributed by atoms with Gasteiger partial charge in [0.1, 0.15) is 32.8 Å². The molecule has 194 valence electrons. The summed E-state index contributed by atoms with van der Waals surface area (Å²) in [7, 11) is 0. The number of primary amides is 1. The maximum atomic E-state index is 13.6. The molecule has 4 rings (SSSR count). The molecule has 3 N–H and O–H groups in total. The number of halogens is 6. The van der Waals surface area contributed by atoms with E-state index >= 15 is 0 Å². The van der Waals surface area contributed by atoms with Crippen LogP contribution in [-0.4, -0.2) is 26.6 Å². The molecule has 0 aliphatic rings. The van der Waals surface area contributed by atoms with Crippen LogP contribution in [0.1, 0.15) is 59.0 Å². The smallest absolute Gasteiger partial charge is 0.282 e. The predicted molar refractivity (Wildman–Crippen MR) is 124 cm³/mol. The number of hydrogen-bond acceptors (Lipinski definition) is 5. The van der Waals surface area contributed by atoms with Crippen LogP contribution >= 0.6 is 11.3 Å². The zero-order valence-corrected chi connectivity index (χ0v) is 19.6. The molecule has 1 atom stereocenters. The number of pyridine rings is 1. The maximum absolute atomic E-state index is 13.6. The van der Waals surface area contributed by atoms with Crippen molar-refractivity contribution in [2.75, 3.05) is 5.32 Å². The highest BCUT2D eigenvalue weighted by molar-refractivity contribution is 7.21. The number of amides is 2. The van der Waals surface area contributed by atoms with Crippen molar-refractivity contribution in [2.24, 2.45) is 5.73 Å². The van der Waals surface area contributed by atoms with E-state index in [4.69, 9.17) is 5.73 Å². The molecule has 0 fully saturated rings. The molecule has 1 aromatic carbocycles. The fraction of sp³-hybridized carbons (Fsp3) is 0.217. The molecule has 0 spiro atoms. The Balaban J connectivity index is 1.86. The Morgan fingerprint density at radius 2 is 1.62 bits per heavy atom. The fourth-order valence-corrected chi connectivity index (χ4v) is 4.73. The van der Waals surface area contributed by atoms with Crippen LogP contribution in [0.5, 0.6) is 0 Å². The lowest BCUT2D eigenvalue weighted by Gasteiger charge is -2.16. The molecule has 3 heterocycles. The average molecular weight is 541 g/mol. The van der Waals surface area contributed by atoms with Crippen molar-refractivity contribution in [1.82, 2.24) is 14.8 Å². The van der Waals surface area contributed by atoms with E-state index in [9.17, 15) is 35.9 Å². The van der Waals surface area contributed by atoms with Gasteiger partial charge in [-0.05, 0) is 30.2 Å². The summed E-state index contributed by atoms with van der Waals surface area (Å²) in [4.78, 5) is 29.0. The average Bonchev–Trinajstić information content (AvgIpc) is 3.46. The van der Waals surface area contributed by atoms with Gasteiger partial charge in [-0.15, -0.1) is 11.3 Å². The van der Waals surface area contributed by atoms with Crippen molar-refractivity contribution in [3.05, 3.63) is 64.4 Å². The molecule has 0 aliphatic carbocycles. The number of fused-ring (bicyclic) bond motifs is 1. The standard InChI is InChI=1S/C23H17F6N5O2S/c1-9(34-14(20(28)29)8-13(33-34)19(26)27)22(36)32-16-15-11(10-5-3-2-4-6-10)7-12(18(24)25)31-23(15)37-17(16)21(30)35/h2-9,18-20H,1H3,(H2,30,35)(H,32,36). The van der Waals surface area contributed by atoms with Gasteiger partial charge in [0.25, 0.3) is 25.2 Å². The van der Waals surface area contributed by atoms with Crippen LogP contribution in [0.25, 0.3) is 21.3 Å². The molecular weight excluding hydrogens is 524 g/mol. The molecule has 0 saturated carbocycles. The van der Waals surface area contributed by atoms with Crippen molar-refractivity contribution in [2.45, 2.75) is 32.2 Å². The highest BCUT2D eigenvalue weighted by atomic mass is 32.1. The van der Waals surface area contributed by atoms with Gasteiger partial charge in [0.15, 0.2) is 0 Å². The number of thiophene rings is 1. The number of benzene rings is 1. The van der Waals surface area contributed by atoms with Crippen LogP contribution in [0.4, 0.5) is 32.0 Å². The summed E-state index contributed by atoms with van der Waals surface area (Å²) in [5, 5.41) is 5.99. The molecule has 1 unspecified atom stereocenters. The Labute approximate surface area is 208 Å². The van der Waals surface area contributed by atoms with Gasteiger partial charge in [0.2, 0.25) is 5.91 Å². The lowest BCUT2D eigenvalue weighted by molar-refractivity contribution is -0.119. The number of rotatable bonds is 8. The van der Waals surface area contributed by atoms with Gasteiger partial charge >= 0.3 is 0 Å². The number of carbonyl (C=O) groups is 2. The van der Waals surface area contributed by atoms with Crippen molar-refractivity contribution >= 4 is 39.1 Å². The molecule has 0 radical (unpaired) electrons. The van der Waals surface area contributed by atoms with Gasteiger partial charge in [-0.25, -0.2) is 31.3 Å². The first-order valence-corrected chi connectivity index (χ1v) is 11.4. The zero-order chi connectivity index (χ0) is 27.0. The van der Waals surface area contributed by atoms with Gasteiger partial charge in [-0.3, -0.25) is 14.3 Å². The van der Waals surface area contributed by atoms with E-state index in [1.54, 1.807) is 30.3 Å². The first-order chi connectivity index (χ1) is 17.5. The van der Waals surface area contributed by atoms with Crippen LogP contribution in [0.2, 0.25) is 0 Å². The topological polar surface area (TPSA) is 103 Å². The normalized spacial score (nSPS) is 12.6. The second-order valence-corrected chi connectivity index (χ2v) is 8.82. The van der Waals surface area contributed by atoms with E-state index < -0.39 is 54.2 Å². The monoisotopic (exact) mass is 541 g/mol. The number of anilines is 1. The van der Waals surface area contributed by atoms with Gasteiger partial charge in [0.05, 0.1) is 5.69 Å². The zero-order valence-electron chi connectivity index (χ0n) is 18.8. The second kappa shape index (κ2) is 10.2. The number of aromatic nitrogens is 3. The number of carbonyl (C=O) groups excluding carboxylic acids is 2. The predicted octanol–water partition coefficient (Wildman–Crippen LogP) is 6.27. The summed E-state index contributed by atoms with van der Waals surface area (Å²) in [6, 6.07) is 8.30. The second-order valence-electron chi connectivity index (χ2n) is 7.82. The summed E-state index contributed by atoms with van der Waals surface area (Å²) in [5.41, 5.74) is 3.55. The molecule has 7 nitrogen and oxygen atoms in total. The summed E-state index contributed by atoms with van der Waals surface area (Å²) < 4.78 is 80.7. The maximum Gasteiger partial charge on any atom is 0.282 e. The van der Waals surface area contributed by atoms with E-state index in [0.29, 0.717) is 27.6 Å². The number of hydrogen-bond donors (Lipinski definition) is 2. The Morgan fingerprint density at radius 3 is 2.19 bits per heavy atom. The van der Waals surface area contributed by atoms with Crippen molar-refractivity contribution in [3.8, 4) is 11.1 Å². The highest BCUT2D eigenvalue weighted by Gasteiger charge is 2.30. The largest absolute Gasteiger partial charge is 0.365 e. The van der Waals surface area contributed by atoms with Crippen LogP contribution in [0.15, 0.2) is 42.5 Å². The highest BCUT2D eigenvalue weighted by Crippen LogP contribution is 2.42. The minimum atomic E-state index is -3.21. The molecule has 3 aromatic heterocycles. The number of nitrogens with zero attached hydrogens (tertiary/aromatic N) is 3. The van der Waals surface area contributed by atoms with Crippen molar-refractivity contribution in [3.63, 3.8) is 0 Å². The Morgan fingerprint density at radius 1 is 0.973 bits per heavy atom. The molecule has 0 bridgehead atoms. The third kappa shape index (κ3) is 5.01. The summed E-state index contributed by atoms with van der Waals surface area (Å²) in [5.74, 6) is -2.00. The van der Waals surface area contributed by atoms with Crippen molar-refractivity contribution < 1.29 is 35.9 Å². The van der Waals surface area contributed by atoms with E-state index in [1.807, 2.05) is 0 Å². The summed E-state index contributed by atoms with van der Waals surface area (Å²) in [6.07, 6.45) is -9.31. The third-order valence-corrected chi connectivity index (χ3v) is 6.54. The van der Waals surface area contributed by atoms with Crippen LogP contribution in [0.3, 0.4) is 0 Å². The Hall–Kier alpha value is -3.94. The van der Waals surface area contributed by atoms with Crippen LogP contribution in [-0.2, 0) is 4.79 Å². The lowest BCUT2D eigenvalue weighted by Crippen LogP contribution is -2.27. The van der Waals surface area contributed by atoms with E-state index in [1.165, 1.54) is 0 Å². The summed E-state index contributed by atoms with van der Waals surface area (Å²) >= 11 is 0.663. The van der Waals surface area contributed by atoms with Gasteiger partial charge in [0, 0.05) is 5.39 Å². The van der Waals surface area contributed by atoms with Gasteiger partial charge in [-0.2, -0.15) is 5.10 Å². The van der Waals surface area contributed by atoms with E-state index in [-0.39, 0.29) is 26.3 Å². The van der Waals surface area contributed by atoms with Gasteiger partial charge in [-0.1, -0.05) is 30.3 Å². The van der Waals surface area contributed by atoms with Gasteiger partial charge < -0.3 is 11.1 Å². The quantitative estimate of drug-likeness (QED) is 0.257. The first-order valence-electron chi connectivity index (χ1n) is 10.6. The molecule has 0 saturated heterocycles. The molecule has 2 amide bonds. The molecule has 37 heavy (non-hydrogen) atoms. The van der Waals surface area contributed by atoms with Crippen molar-refractivity contribution in [1.29, 1.82) is 0 Å². The van der Waals surface area contributed by atoms with E-state index in [2.05, 4.69) is 15.4 Å². The number of nitrogens with two attached hydrogens (primary N) is 1.